The summed E-state index contributed by atoms with van der Waals surface area (Å²) in [6.07, 6.45) is 4.86. The molecular formula is C16H22N2O. The van der Waals surface area contributed by atoms with E-state index in [0.29, 0.717) is 13.0 Å². The number of nitriles is 1. The van der Waals surface area contributed by atoms with Crippen molar-refractivity contribution in [1.82, 2.24) is 0 Å². The van der Waals surface area contributed by atoms with Crippen molar-refractivity contribution in [2.75, 3.05) is 6.61 Å². The molecule has 19 heavy (non-hydrogen) atoms. The SMILES string of the molecule is CC(N)CCc1ccc(OCC2(CC#N)CC2)cc1. The molecule has 1 unspecified atom stereocenters. The first-order valence-electron chi connectivity index (χ1n) is 6.98. The predicted octanol–water partition coefficient (Wildman–Crippen LogP) is 3.04. The van der Waals surface area contributed by atoms with Crippen LogP contribution in [0.4, 0.5) is 0 Å². The highest BCUT2D eigenvalue weighted by Crippen LogP contribution is 2.48. The topological polar surface area (TPSA) is 59.0 Å². The summed E-state index contributed by atoms with van der Waals surface area (Å²) < 4.78 is 5.79. The van der Waals surface area contributed by atoms with Gasteiger partial charge in [-0.25, -0.2) is 0 Å². The van der Waals surface area contributed by atoms with Gasteiger partial charge in [-0.3, -0.25) is 0 Å². The second-order valence-electron chi connectivity index (χ2n) is 5.78. The molecule has 102 valence electrons. The Hall–Kier alpha value is -1.53. The summed E-state index contributed by atoms with van der Waals surface area (Å²) in [6.45, 7) is 2.70. The van der Waals surface area contributed by atoms with Crippen molar-refractivity contribution in [2.45, 2.75) is 45.1 Å². The van der Waals surface area contributed by atoms with Crippen LogP contribution in [0.5, 0.6) is 5.75 Å². The molecular weight excluding hydrogens is 236 g/mol. The molecule has 0 amide bonds. The van der Waals surface area contributed by atoms with Crippen LogP contribution in [0.2, 0.25) is 0 Å². The number of ether oxygens (including phenoxy) is 1. The first-order valence-corrected chi connectivity index (χ1v) is 6.98. The van der Waals surface area contributed by atoms with Gasteiger partial charge in [-0.05, 0) is 50.3 Å². The van der Waals surface area contributed by atoms with Gasteiger partial charge in [-0.2, -0.15) is 5.26 Å². The Bertz CT molecular complexity index is 441. The molecule has 2 N–H and O–H groups in total. The highest BCUT2D eigenvalue weighted by atomic mass is 16.5. The van der Waals surface area contributed by atoms with Crippen LogP contribution in [-0.2, 0) is 6.42 Å². The quantitative estimate of drug-likeness (QED) is 0.817. The third-order valence-electron chi connectivity index (χ3n) is 3.77. The molecule has 0 aliphatic heterocycles. The molecule has 0 saturated heterocycles. The van der Waals surface area contributed by atoms with Gasteiger partial charge in [0.05, 0.1) is 12.7 Å². The fourth-order valence-electron chi connectivity index (χ4n) is 2.10. The summed E-state index contributed by atoms with van der Waals surface area (Å²) in [5, 5.41) is 8.76. The van der Waals surface area contributed by atoms with Crippen LogP contribution in [-0.4, -0.2) is 12.6 Å². The van der Waals surface area contributed by atoms with E-state index in [4.69, 9.17) is 15.7 Å². The maximum atomic E-state index is 8.76. The van der Waals surface area contributed by atoms with E-state index in [0.717, 1.165) is 31.4 Å². The molecule has 1 aliphatic rings. The standard InChI is InChI=1S/C16H22N2O/c1-13(18)2-3-14-4-6-15(7-5-14)19-12-16(8-9-16)10-11-17/h4-7,13H,2-3,8-10,12,18H2,1H3. The number of aryl methyl sites for hydroxylation is 1. The van der Waals surface area contributed by atoms with Crippen molar-refractivity contribution in [3.8, 4) is 11.8 Å². The monoisotopic (exact) mass is 258 g/mol. The maximum Gasteiger partial charge on any atom is 0.119 e. The molecule has 0 spiro atoms. The van der Waals surface area contributed by atoms with Crippen molar-refractivity contribution in [3.63, 3.8) is 0 Å². The second-order valence-corrected chi connectivity index (χ2v) is 5.78. The Morgan fingerprint density at radius 1 is 1.37 bits per heavy atom. The molecule has 1 aromatic carbocycles. The summed E-state index contributed by atoms with van der Waals surface area (Å²) in [6, 6.07) is 10.7. The van der Waals surface area contributed by atoms with Gasteiger partial charge < -0.3 is 10.5 Å². The summed E-state index contributed by atoms with van der Waals surface area (Å²) in [4.78, 5) is 0. The van der Waals surface area contributed by atoms with E-state index < -0.39 is 0 Å². The van der Waals surface area contributed by atoms with Crippen molar-refractivity contribution in [2.24, 2.45) is 11.1 Å². The Morgan fingerprint density at radius 2 is 2.05 bits per heavy atom. The van der Waals surface area contributed by atoms with Crippen molar-refractivity contribution >= 4 is 0 Å². The number of nitrogens with zero attached hydrogens (tertiary/aromatic N) is 1. The highest BCUT2D eigenvalue weighted by molar-refractivity contribution is 5.27. The van der Waals surface area contributed by atoms with E-state index in [2.05, 4.69) is 18.2 Å². The van der Waals surface area contributed by atoms with Crippen molar-refractivity contribution in [1.29, 1.82) is 5.26 Å². The van der Waals surface area contributed by atoms with Crippen LogP contribution in [0, 0.1) is 16.7 Å². The molecule has 3 nitrogen and oxygen atoms in total. The lowest BCUT2D eigenvalue weighted by Crippen LogP contribution is -2.15. The summed E-state index contributed by atoms with van der Waals surface area (Å²) in [5.74, 6) is 0.897. The molecule has 1 atom stereocenters. The van der Waals surface area contributed by atoms with E-state index in [9.17, 15) is 0 Å². The highest BCUT2D eigenvalue weighted by Gasteiger charge is 2.43. The second kappa shape index (κ2) is 6.08. The van der Waals surface area contributed by atoms with Crippen LogP contribution < -0.4 is 10.5 Å². The minimum atomic E-state index is 0.141. The Kier molecular flexibility index (Phi) is 4.44. The number of nitrogens with two attached hydrogens (primary N) is 1. The van der Waals surface area contributed by atoms with E-state index in [1.54, 1.807) is 0 Å². The lowest BCUT2D eigenvalue weighted by molar-refractivity contribution is 0.237. The summed E-state index contributed by atoms with van der Waals surface area (Å²) >= 11 is 0. The van der Waals surface area contributed by atoms with Crippen LogP contribution in [0.3, 0.4) is 0 Å². The molecule has 3 heteroatoms. The minimum absolute atomic E-state index is 0.141. The third kappa shape index (κ3) is 4.25. The smallest absolute Gasteiger partial charge is 0.119 e. The first-order chi connectivity index (χ1) is 9.13. The van der Waals surface area contributed by atoms with E-state index in [1.807, 2.05) is 19.1 Å². The van der Waals surface area contributed by atoms with E-state index in [1.165, 1.54) is 5.56 Å². The van der Waals surface area contributed by atoms with Gasteiger partial charge in [0.25, 0.3) is 0 Å². The molecule has 0 aromatic heterocycles. The number of hydrogen-bond donors (Lipinski definition) is 1. The van der Waals surface area contributed by atoms with Gasteiger partial charge in [0.2, 0.25) is 0 Å². The summed E-state index contributed by atoms with van der Waals surface area (Å²) in [5.41, 5.74) is 7.19. The van der Waals surface area contributed by atoms with Gasteiger partial charge >= 0.3 is 0 Å². The molecule has 0 radical (unpaired) electrons. The average Bonchev–Trinajstić information content (AvgIpc) is 3.16. The van der Waals surface area contributed by atoms with Crippen LogP contribution in [0.15, 0.2) is 24.3 Å². The molecule has 2 rings (SSSR count). The largest absolute Gasteiger partial charge is 0.493 e. The normalized spacial score (nSPS) is 17.5. The fraction of sp³-hybridized carbons (Fsp3) is 0.562. The molecule has 1 saturated carbocycles. The minimum Gasteiger partial charge on any atom is -0.493 e. The van der Waals surface area contributed by atoms with Crippen LogP contribution in [0.1, 0.15) is 38.2 Å². The third-order valence-corrected chi connectivity index (χ3v) is 3.77. The molecule has 0 bridgehead atoms. The Balaban J connectivity index is 1.80. The molecule has 1 fully saturated rings. The number of hydrogen-bond acceptors (Lipinski definition) is 3. The fourth-order valence-corrected chi connectivity index (χ4v) is 2.10. The lowest BCUT2D eigenvalue weighted by Gasteiger charge is -2.13. The zero-order valence-electron chi connectivity index (χ0n) is 11.6. The van der Waals surface area contributed by atoms with Gasteiger partial charge in [-0.15, -0.1) is 0 Å². The average molecular weight is 258 g/mol. The zero-order valence-corrected chi connectivity index (χ0v) is 11.6. The number of benzene rings is 1. The first kappa shape index (κ1) is 13.9. The van der Waals surface area contributed by atoms with Gasteiger partial charge in [0.15, 0.2) is 0 Å². The Labute approximate surface area is 115 Å². The molecule has 0 heterocycles. The van der Waals surface area contributed by atoms with Crippen LogP contribution in [0.25, 0.3) is 0 Å². The van der Waals surface area contributed by atoms with Gasteiger partial charge in [0.1, 0.15) is 5.75 Å². The molecule has 1 aliphatic carbocycles. The zero-order chi connectivity index (χ0) is 13.7. The molecule has 1 aromatic rings. The predicted molar refractivity (Wildman–Crippen MR) is 75.8 cm³/mol. The van der Waals surface area contributed by atoms with Gasteiger partial charge in [-0.1, -0.05) is 12.1 Å². The van der Waals surface area contributed by atoms with Gasteiger partial charge in [0, 0.05) is 17.9 Å². The number of rotatable bonds is 7. The van der Waals surface area contributed by atoms with Crippen molar-refractivity contribution in [3.05, 3.63) is 29.8 Å². The maximum absolute atomic E-state index is 8.76. The lowest BCUT2D eigenvalue weighted by atomic mass is 10.1. The van der Waals surface area contributed by atoms with E-state index >= 15 is 0 Å². The van der Waals surface area contributed by atoms with E-state index in [-0.39, 0.29) is 11.5 Å². The van der Waals surface area contributed by atoms with Crippen LogP contribution >= 0.6 is 0 Å². The summed E-state index contributed by atoms with van der Waals surface area (Å²) in [7, 11) is 0. The Morgan fingerprint density at radius 3 is 2.58 bits per heavy atom. The van der Waals surface area contributed by atoms with Crippen molar-refractivity contribution < 1.29 is 4.74 Å².